The number of amides is 1. The third kappa shape index (κ3) is 3.27. The lowest BCUT2D eigenvalue weighted by Gasteiger charge is -2.13. The number of alkyl halides is 1. The van der Waals surface area contributed by atoms with Gasteiger partial charge in [0.05, 0.1) is 5.38 Å². The van der Waals surface area contributed by atoms with E-state index in [0.717, 1.165) is 42.5 Å². The number of carbonyl (C=O) groups excluding carboxylic acids is 1. The lowest BCUT2D eigenvalue weighted by Crippen LogP contribution is -2.22. The Bertz CT molecular complexity index is 639. The Labute approximate surface area is 130 Å². The van der Waals surface area contributed by atoms with Gasteiger partial charge in [-0.1, -0.05) is 42.5 Å². The molecule has 0 bridgehead atoms. The zero-order valence-corrected chi connectivity index (χ0v) is 12.6. The Kier molecular flexibility index (Phi) is 4.26. The third-order valence-electron chi connectivity index (χ3n) is 3.91. The molecule has 0 spiro atoms. The Balaban J connectivity index is 1.84. The van der Waals surface area contributed by atoms with Crippen LogP contribution in [-0.4, -0.2) is 12.5 Å². The zero-order valence-electron chi connectivity index (χ0n) is 11.8. The van der Waals surface area contributed by atoms with E-state index < -0.39 is 0 Å². The SMILES string of the molecule is O=C1NCCCc2ccc(C(Cl)Cc3ccccc3)cc21. The fourth-order valence-electron chi connectivity index (χ4n) is 2.73. The number of hydrogen-bond donors (Lipinski definition) is 1. The van der Waals surface area contributed by atoms with Gasteiger partial charge in [0.1, 0.15) is 0 Å². The van der Waals surface area contributed by atoms with Gasteiger partial charge in [-0.3, -0.25) is 4.79 Å². The molecule has 1 aliphatic heterocycles. The van der Waals surface area contributed by atoms with Gasteiger partial charge < -0.3 is 5.32 Å². The first-order valence-electron chi connectivity index (χ1n) is 7.33. The number of rotatable bonds is 3. The first kappa shape index (κ1) is 14.2. The molecule has 3 heteroatoms. The van der Waals surface area contributed by atoms with Crippen molar-refractivity contribution < 1.29 is 4.79 Å². The fourth-order valence-corrected chi connectivity index (χ4v) is 3.05. The molecule has 1 heterocycles. The highest BCUT2D eigenvalue weighted by Crippen LogP contribution is 2.27. The summed E-state index contributed by atoms with van der Waals surface area (Å²) in [7, 11) is 0. The molecule has 0 saturated carbocycles. The molecule has 0 aliphatic carbocycles. The van der Waals surface area contributed by atoms with E-state index in [-0.39, 0.29) is 11.3 Å². The molecule has 1 amide bonds. The lowest BCUT2D eigenvalue weighted by molar-refractivity contribution is 0.0956. The number of halogens is 1. The van der Waals surface area contributed by atoms with E-state index >= 15 is 0 Å². The van der Waals surface area contributed by atoms with Crippen LogP contribution in [0.1, 0.15) is 38.8 Å². The summed E-state index contributed by atoms with van der Waals surface area (Å²) in [5, 5.41) is 2.82. The van der Waals surface area contributed by atoms with E-state index in [4.69, 9.17) is 11.6 Å². The number of hydrogen-bond acceptors (Lipinski definition) is 1. The maximum atomic E-state index is 12.1. The summed E-state index contributed by atoms with van der Waals surface area (Å²) in [5.74, 6) is 0.0212. The predicted molar refractivity (Wildman–Crippen MR) is 85.8 cm³/mol. The van der Waals surface area contributed by atoms with Crippen molar-refractivity contribution in [3.63, 3.8) is 0 Å². The van der Waals surface area contributed by atoms with Crippen LogP contribution in [0.15, 0.2) is 48.5 Å². The van der Waals surface area contributed by atoms with Crippen molar-refractivity contribution in [2.45, 2.75) is 24.6 Å². The molecule has 1 unspecified atom stereocenters. The van der Waals surface area contributed by atoms with Crippen LogP contribution in [0.25, 0.3) is 0 Å². The highest BCUT2D eigenvalue weighted by atomic mass is 35.5. The summed E-state index contributed by atoms with van der Waals surface area (Å²) in [4.78, 5) is 12.1. The molecule has 3 rings (SSSR count). The quantitative estimate of drug-likeness (QED) is 0.856. The number of nitrogens with one attached hydrogen (secondary N) is 1. The summed E-state index contributed by atoms with van der Waals surface area (Å²) in [6.07, 6.45) is 2.70. The van der Waals surface area contributed by atoms with Crippen molar-refractivity contribution in [3.05, 3.63) is 70.8 Å². The van der Waals surface area contributed by atoms with Crippen molar-refractivity contribution >= 4 is 17.5 Å². The molecule has 21 heavy (non-hydrogen) atoms. The molecule has 1 aliphatic rings. The van der Waals surface area contributed by atoms with Gasteiger partial charge in [-0.25, -0.2) is 0 Å². The molecular weight excluding hydrogens is 282 g/mol. The number of fused-ring (bicyclic) bond motifs is 1. The first-order chi connectivity index (χ1) is 10.2. The molecule has 2 nitrogen and oxygen atoms in total. The maximum absolute atomic E-state index is 12.1. The Morgan fingerprint density at radius 2 is 1.95 bits per heavy atom. The van der Waals surface area contributed by atoms with E-state index in [0.29, 0.717) is 0 Å². The van der Waals surface area contributed by atoms with Crippen LogP contribution in [0.3, 0.4) is 0 Å². The molecule has 1 N–H and O–H groups in total. The van der Waals surface area contributed by atoms with Crippen LogP contribution >= 0.6 is 11.6 Å². The number of aryl methyl sites for hydroxylation is 1. The largest absolute Gasteiger partial charge is 0.352 e. The number of carbonyl (C=O) groups is 1. The molecule has 2 aromatic rings. The van der Waals surface area contributed by atoms with Gasteiger partial charge in [0, 0.05) is 12.1 Å². The van der Waals surface area contributed by atoms with Crippen LogP contribution in [-0.2, 0) is 12.8 Å². The molecular formula is C18H18ClNO. The van der Waals surface area contributed by atoms with Crippen LogP contribution in [0.5, 0.6) is 0 Å². The lowest BCUT2D eigenvalue weighted by atomic mass is 9.97. The molecule has 1 atom stereocenters. The van der Waals surface area contributed by atoms with Crippen LogP contribution in [0, 0.1) is 0 Å². The van der Waals surface area contributed by atoms with Crippen molar-refractivity contribution in [1.29, 1.82) is 0 Å². The van der Waals surface area contributed by atoms with E-state index in [1.54, 1.807) is 0 Å². The highest BCUT2D eigenvalue weighted by molar-refractivity contribution is 6.21. The fraction of sp³-hybridized carbons (Fsp3) is 0.278. The smallest absolute Gasteiger partial charge is 0.251 e. The highest BCUT2D eigenvalue weighted by Gasteiger charge is 2.17. The maximum Gasteiger partial charge on any atom is 0.251 e. The van der Waals surface area contributed by atoms with Gasteiger partial charge in [-0.05, 0) is 42.0 Å². The van der Waals surface area contributed by atoms with E-state index in [1.807, 2.05) is 24.3 Å². The van der Waals surface area contributed by atoms with E-state index in [1.165, 1.54) is 5.56 Å². The van der Waals surface area contributed by atoms with Crippen LogP contribution in [0.4, 0.5) is 0 Å². The van der Waals surface area contributed by atoms with Gasteiger partial charge in [0.25, 0.3) is 5.91 Å². The summed E-state index contributed by atoms with van der Waals surface area (Å²) < 4.78 is 0. The van der Waals surface area contributed by atoms with Crippen molar-refractivity contribution in [1.82, 2.24) is 5.32 Å². The Hall–Kier alpha value is -1.80. The average molecular weight is 300 g/mol. The molecule has 108 valence electrons. The van der Waals surface area contributed by atoms with Gasteiger partial charge in [0.15, 0.2) is 0 Å². The predicted octanol–water partition coefficient (Wildman–Crippen LogP) is 3.89. The van der Waals surface area contributed by atoms with Crippen LogP contribution < -0.4 is 5.32 Å². The normalized spacial score (nSPS) is 15.8. The zero-order chi connectivity index (χ0) is 14.7. The summed E-state index contributed by atoms with van der Waals surface area (Å²) >= 11 is 6.54. The molecule has 0 aromatic heterocycles. The monoisotopic (exact) mass is 299 g/mol. The van der Waals surface area contributed by atoms with Gasteiger partial charge >= 0.3 is 0 Å². The second-order valence-corrected chi connectivity index (χ2v) is 5.96. The molecule has 0 radical (unpaired) electrons. The van der Waals surface area contributed by atoms with Gasteiger partial charge in [0.2, 0.25) is 0 Å². The minimum Gasteiger partial charge on any atom is -0.352 e. The summed E-state index contributed by atoms with van der Waals surface area (Å²) in [6.45, 7) is 0.747. The Morgan fingerprint density at radius 1 is 1.14 bits per heavy atom. The Morgan fingerprint density at radius 3 is 2.76 bits per heavy atom. The molecule has 0 saturated heterocycles. The second kappa shape index (κ2) is 6.31. The average Bonchev–Trinajstić information content (AvgIpc) is 2.70. The standard InChI is InChI=1S/C18H18ClNO/c19-17(11-13-5-2-1-3-6-13)15-9-8-14-7-4-10-20-18(21)16(14)12-15/h1-3,5-6,8-9,12,17H,4,7,10-11H2,(H,20,21). The second-order valence-electron chi connectivity index (χ2n) is 5.43. The van der Waals surface area contributed by atoms with E-state index in [2.05, 4.69) is 29.6 Å². The summed E-state index contributed by atoms with van der Waals surface area (Å²) in [5.41, 5.74) is 4.12. The topological polar surface area (TPSA) is 29.1 Å². The van der Waals surface area contributed by atoms with Gasteiger partial charge in [-0.2, -0.15) is 0 Å². The van der Waals surface area contributed by atoms with Crippen LogP contribution in [0.2, 0.25) is 0 Å². The summed E-state index contributed by atoms with van der Waals surface area (Å²) in [6, 6.07) is 16.2. The molecule has 2 aromatic carbocycles. The van der Waals surface area contributed by atoms with Gasteiger partial charge in [-0.15, -0.1) is 11.6 Å². The third-order valence-corrected chi connectivity index (χ3v) is 4.31. The van der Waals surface area contributed by atoms with Crippen molar-refractivity contribution in [3.8, 4) is 0 Å². The number of benzene rings is 2. The molecule has 0 fully saturated rings. The van der Waals surface area contributed by atoms with E-state index in [9.17, 15) is 4.79 Å². The first-order valence-corrected chi connectivity index (χ1v) is 7.77. The van der Waals surface area contributed by atoms with Crippen molar-refractivity contribution in [2.24, 2.45) is 0 Å². The minimum absolute atomic E-state index is 0.0212. The van der Waals surface area contributed by atoms with Crippen molar-refractivity contribution in [2.75, 3.05) is 6.54 Å². The minimum atomic E-state index is -0.117.